The number of esters is 1. The van der Waals surface area contributed by atoms with Gasteiger partial charge in [-0.25, -0.2) is 0 Å². The number of hydrogen-bond acceptors (Lipinski definition) is 4. The first-order chi connectivity index (χ1) is 17.7. The number of unbranched alkanes of at least 4 members (excludes halogenated alkanes) is 13. The third kappa shape index (κ3) is 25.1. The second-order valence-electron chi connectivity index (χ2n) is 11.1. The van der Waals surface area contributed by atoms with Crippen molar-refractivity contribution in [2.75, 3.05) is 32.8 Å². The van der Waals surface area contributed by atoms with Crippen LogP contribution in [-0.4, -0.2) is 48.8 Å². The second kappa shape index (κ2) is 29.0. The normalized spacial score (nSPS) is 11.6. The summed E-state index contributed by atoms with van der Waals surface area (Å²) in [6, 6.07) is 0. The smallest absolute Gasteiger partial charge is 0.305 e. The number of ether oxygens (including phenoxy) is 1. The standard InChI is InChI=1S/C32H65NO3/c1-4-7-10-11-14-19-26-33(28-29-34)27-20-15-12-13-18-25-32(35)36-30-21-24-31(22-16-8-5-2)23-17-9-6-3/h31,34H,4-30H2,1-3H3. The van der Waals surface area contributed by atoms with Gasteiger partial charge in [0.05, 0.1) is 13.2 Å². The minimum atomic E-state index is -0.00317. The molecule has 0 heterocycles. The van der Waals surface area contributed by atoms with Crippen LogP contribution >= 0.6 is 0 Å². The van der Waals surface area contributed by atoms with Gasteiger partial charge in [-0.2, -0.15) is 0 Å². The zero-order chi connectivity index (χ0) is 26.5. The summed E-state index contributed by atoms with van der Waals surface area (Å²) in [6.07, 6.45) is 27.1. The van der Waals surface area contributed by atoms with Crippen LogP contribution < -0.4 is 0 Å². The number of carbonyl (C=O) groups is 1. The maximum atomic E-state index is 12.1. The van der Waals surface area contributed by atoms with Crippen molar-refractivity contribution in [2.24, 2.45) is 5.92 Å². The minimum absolute atomic E-state index is 0.00317. The molecule has 0 atom stereocenters. The van der Waals surface area contributed by atoms with Crippen LogP contribution in [0.5, 0.6) is 0 Å². The summed E-state index contributed by atoms with van der Waals surface area (Å²) in [7, 11) is 0. The van der Waals surface area contributed by atoms with Crippen LogP contribution in [-0.2, 0) is 9.53 Å². The maximum absolute atomic E-state index is 12.1. The fraction of sp³-hybridized carbons (Fsp3) is 0.969. The summed E-state index contributed by atoms with van der Waals surface area (Å²) in [5, 5.41) is 9.34. The Labute approximate surface area is 226 Å². The van der Waals surface area contributed by atoms with Gasteiger partial charge < -0.3 is 14.7 Å². The van der Waals surface area contributed by atoms with Gasteiger partial charge in [0, 0.05) is 13.0 Å². The molecule has 4 heteroatoms. The predicted octanol–water partition coefficient (Wildman–Crippen LogP) is 9.08. The molecule has 0 radical (unpaired) electrons. The molecule has 0 saturated heterocycles. The van der Waals surface area contributed by atoms with Crippen LogP contribution in [0.25, 0.3) is 0 Å². The van der Waals surface area contributed by atoms with Crippen molar-refractivity contribution in [3.05, 3.63) is 0 Å². The van der Waals surface area contributed by atoms with E-state index in [4.69, 9.17) is 4.74 Å². The van der Waals surface area contributed by atoms with Gasteiger partial charge >= 0.3 is 5.97 Å². The van der Waals surface area contributed by atoms with Gasteiger partial charge in [-0.3, -0.25) is 4.79 Å². The first kappa shape index (κ1) is 35.4. The fourth-order valence-corrected chi connectivity index (χ4v) is 5.16. The molecule has 0 saturated carbocycles. The number of aliphatic hydroxyl groups is 1. The van der Waals surface area contributed by atoms with E-state index >= 15 is 0 Å². The van der Waals surface area contributed by atoms with Crippen molar-refractivity contribution >= 4 is 5.97 Å². The molecule has 0 fully saturated rings. The Morgan fingerprint density at radius 1 is 0.611 bits per heavy atom. The van der Waals surface area contributed by atoms with Gasteiger partial charge in [-0.15, -0.1) is 0 Å². The van der Waals surface area contributed by atoms with E-state index < -0.39 is 0 Å². The van der Waals surface area contributed by atoms with Crippen LogP contribution in [0.4, 0.5) is 0 Å². The average Bonchev–Trinajstić information content (AvgIpc) is 2.87. The summed E-state index contributed by atoms with van der Waals surface area (Å²) in [5.74, 6) is 0.817. The largest absolute Gasteiger partial charge is 0.466 e. The Morgan fingerprint density at radius 3 is 1.64 bits per heavy atom. The Hall–Kier alpha value is -0.610. The lowest BCUT2D eigenvalue weighted by Gasteiger charge is -2.21. The molecule has 0 aliphatic heterocycles. The van der Waals surface area contributed by atoms with E-state index in [0.717, 1.165) is 44.8 Å². The highest BCUT2D eigenvalue weighted by Gasteiger charge is 2.10. The number of nitrogens with zero attached hydrogens (tertiary/aromatic N) is 1. The van der Waals surface area contributed by atoms with E-state index in [2.05, 4.69) is 25.7 Å². The molecule has 0 aliphatic carbocycles. The van der Waals surface area contributed by atoms with Gasteiger partial charge in [0.1, 0.15) is 0 Å². The third-order valence-corrected chi connectivity index (χ3v) is 7.55. The fourth-order valence-electron chi connectivity index (χ4n) is 5.16. The lowest BCUT2D eigenvalue weighted by atomic mass is 9.91. The Balaban J connectivity index is 3.74. The number of rotatable bonds is 29. The van der Waals surface area contributed by atoms with Crippen LogP contribution in [0.2, 0.25) is 0 Å². The molecule has 0 aromatic rings. The summed E-state index contributed by atoms with van der Waals surface area (Å²) in [4.78, 5) is 14.5. The molecule has 36 heavy (non-hydrogen) atoms. The highest BCUT2D eigenvalue weighted by atomic mass is 16.5. The van der Waals surface area contributed by atoms with E-state index in [-0.39, 0.29) is 12.6 Å². The van der Waals surface area contributed by atoms with Gasteiger partial charge in [0.25, 0.3) is 0 Å². The van der Waals surface area contributed by atoms with Crippen molar-refractivity contribution < 1.29 is 14.6 Å². The van der Waals surface area contributed by atoms with Crippen molar-refractivity contribution in [3.63, 3.8) is 0 Å². The minimum Gasteiger partial charge on any atom is -0.466 e. The number of hydrogen-bond donors (Lipinski definition) is 1. The molecule has 1 N–H and O–H groups in total. The van der Waals surface area contributed by atoms with Crippen LogP contribution in [0.3, 0.4) is 0 Å². The monoisotopic (exact) mass is 511 g/mol. The van der Waals surface area contributed by atoms with Crippen molar-refractivity contribution in [2.45, 2.75) is 162 Å². The van der Waals surface area contributed by atoms with Gasteiger partial charge in [-0.1, -0.05) is 124 Å². The molecule has 0 bridgehead atoms. The van der Waals surface area contributed by atoms with Gasteiger partial charge in [0.15, 0.2) is 0 Å². The second-order valence-corrected chi connectivity index (χ2v) is 11.1. The Kier molecular flexibility index (Phi) is 28.5. The van der Waals surface area contributed by atoms with Crippen LogP contribution in [0.1, 0.15) is 162 Å². The topological polar surface area (TPSA) is 49.8 Å². The molecule has 0 unspecified atom stereocenters. The molecule has 0 amide bonds. The molecule has 0 rings (SSSR count). The first-order valence-corrected chi connectivity index (χ1v) is 16.2. The summed E-state index contributed by atoms with van der Waals surface area (Å²) in [6.45, 7) is 10.7. The zero-order valence-electron chi connectivity index (χ0n) is 24.9. The lowest BCUT2D eigenvalue weighted by Crippen LogP contribution is -2.29. The molecular weight excluding hydrogens is 446 g/mol. The Morgan fingerprint density at radius 2 is 1.08 bits per heavy atom. The molecule has 4 nitrogen and oxygen atoms in total. The van der Waals surface area contributed by atoms with Gasteiger partial charge in [0.2, 0.25) is 0 Å². The highest BCUT2D eigenvalue weighted by molar-refractivity contribution is 5.69. The van der Waals surface area contributed by atoms with Crippen molar-refractivity contribution in [1.82, 2.24) is 4.90 Å². The number of aliphatic hydroxyl groups excluding tert-OH is 1. The van der Waals surface area contributed by atoms with E-state index in [9.17, 15) is 9.90 Å². The molecular formula is C32H65NO3. The first-order valence-electron chi connectivity index (χ1n) is 16.2. The molecule has 0 aliphatic rings. The molecule has 0 aromatic heterocycles. The summed E-state index contributed by atoms with van der Waals surface area (Å²) in [5.41, 5.74) is 0. The quantitative estimate of drug-likeness (QED) is 0.0803. The molecule has 216 valence electrons. The van der Waals surface area contributed by atoms with E-state index in [1.54, 1.807) is 0 Å². The van der Waals surface area contributed by atoms with Crippen molar-refractivity contribution in [3.8, 4) is 0 Å². The van der Waals surface area contributed by atoms with Crippen LogP contribution in [0.15, 0.2) is 0 Å². The summed E-state index contributed by atoms with van der Waals surface area (Å²) < 4.78 is 5.53. The Bertz CT molecular complexity index is 433. The van der Waals surface area contributed by atoms with Crippen LogP contribution in [0, 0.1) is 5.92 Å². The third-order valence-electron chi connectivity index (χ3n) is 7.55. The number of carbonyl (C=O) groups excluding carboxylic acids is 1. The maximum Gasteiger partial charge on any atom is 0.305 e. The van der Waals surface area contributed by atoms with Crippen molar-refractivity contribution in [1.29, 1.82) is 0 Å². The molecule has 0 aromatic carbocycles. The zero-order valence-corrected chi connectivity index (χ0v) is 24.9. The van der Waals surface area contributed by atoms with E-state index in [1.807, 2.05) is 0 Å². The molecule has 0 spiro atoms. The van der Waals surface area contributed by atoms with E-state index in [1.165, 1.54) is 116 Å². The average molecular weight is 512 g/mol. The SMILES string of the molecule is CCCCCCCCN(CCO)CCCCCCCC(=O)OCCCC(CCCCC)CCCCC. The van der Waals surface area contributed by atoms with E-state index in [0.29, 0.717) is 13.0 Å². The highest BCUT2D eigenvalue weighted by Crippen LogP contribution is 2.22. The lowest BCUT2D eigenvalue weighted by molar-refractivity contribution is -0.144. The predicted molar refractivity (Wildman–Crippen MR) is 157 cm³/mol. The van der Waals surface area contributed by atoms with Gasteiger partial charge in [-0.05, 0) is 51.1 Å². The summed E-state index contributed by atoms with van der Waals surface area (Å²) >= 11 is 0.